The van der Waals surface area contributed by atoms with E-state index >= 15 is 0 Å². The number of hydrogen-bond donors (Lipinski definition) is 1. The first kappa shape index (κ1) is 12.8. The van der Waals surface area contributed by atoms with Gasteiger partial charge in [0, 0.05) is 11.3 Å². The van der Waals surface area contributed by atoms with Crippen molar-refractivity contribution in [2.45, 2.75) is 19.1 Å². The van der Waals surface area contributed by atoms with Crippen LogP contribution < -0.4 is 10.5 Å². The van der Waals surface area contributed by atoms with E-state index in [2.05, 4.69) is 0 Å². The van der Waals surface area contributed by atoms with Crippen LogP contribution in [0.5, 0.6) is 5.75 Å². The third kappa shape index (κ3) is 3.41. The van der Waals surface area contributed by atoms with Crippen LogP contribution in [0.15, 0.2) is 18.2 Å². The van der Waals surface area contributed by atoms with Crippen LogP contribution in [0.4, 0.5) is 5.69 Å². The Morgan fingerprint density at radius 3 is 2.62 bits per heavy atom. The van der Waals surface area contributed by atoms with E-state index in [1.807, 2.05) is 6.92 Å². The molecule has 0 amide bonds. The third-order valence-corrected chi connectivity index (χ3v) is 3.98. The van der Waals surface area contributed by atoms with E-state index in [1.165, 1.54) is 7.11 Å². The van der Waals surface area contributed by atoms with Gasteiger partial charge in [0.05, 0.1) is 18.6 Å². The van der Waals surface area contributed by atoms with Crippen LogP contribution in [0.3, 0.4) is 0 Å². The summed E-state index contributed by atoms with van der Waals surface area (Å²) in [6.45, 7) is 1.84. The van der Waals surface area contributed by atoms with Crippen LogP contribution in [0.1, 0.15) is 18.9 Å². The molecule has 1 aromatic rings. The molecule has 0 heterocycles. The Bertz CT molecular complexity index is 454. The van der Waals surface area contributed by atoms with Crippen LogP contribution in [-0.2, 0) is 15.6 Å². The third-order valence-electron chi connectivity index (χ3n) is 2.20. The van der Waals surface area contributed by atoms with E-state index in [9.17, 15) is 8.42 Å². The highest BCUT2D eigenvalue weighted by molar-refractivity contribution is 7.90. The van der Waals surface area contributed by atoms with Gasteiger partial charge in [0.2, 0.25) is 0 Å². The molecule has 0 saturated carbocycles. The summed E-state index contributed by atoms with van der Waals surface area (Å²) in [5.41, 5.74) is 6.79. The maximum atomic E-state index is 11.7. The second-order valence-corrected chi connectivity index (χ2v) is 5.85. The summed E-state index contributed by atoms with van der Waals surface area (Å²) in [6, 6.07) is 5.02. The highest BCUT2D eigenvalue weighted by Crippen LogP contribution is 2.23. The number of rotatable bonds is 5. The van der Waals surface area contributed by atoms with Gasteiger partial charge in [-0.3, -0.25) is 0 Å². The lowest BCUT2D eigenvalue weighted by atomic mass is 10.2. The Morgan fingerprint density at radius 1 is 1.38 bits per heavy atom. The Morgan fingerprint density at radius 2 is 2.06 bits per heavy atom. The smallest absolute Gasteiger partial charge is 0.154 e. The minimum Gasteiger partial charge on any atom is -0.496 e. The Kier molecular flexibility index (Phi) is 4.18. The van der Waals surface area contributed by atoms with Crippen molar-refractivity contribution in [3.8, 4) is 5.75 Å². The normalized spacial score (nSPS) is 11.4. The van der Waals surface area contributed by atoms with Gasteiger partial charge in [-0.25, -0.2) is 8.42 Å². The Labute approximate surface area is 96.3 Å². The van der Waals surface area contributed by atoms with Crippen LogP contribution in [0.2, 0.25) is 0 Å². The zero-order valence-electron chi connectivity index (χ0n) is 9.56. The fourth-order valence-electron chi connectivity index (χ4n) is 1.53. The highest BCUT2D eigenvalue weighted by Gasteiger charge is 2.14. The minimum atomic E-state index is -3.07. The Hall–Kier alpha value is -1.23. The second kappa shape index (κ2) is 5.21. The number of hydrogen-bond acceptors (Lipinski definition) is 4. The second-order valence-electron chi connectivity index (χ2n) is 3.66. The molecule has 0 fully saturated rings. The lowest BCUT2D eigenvalue weighted by Crippen LogP contribution is -2.09. The SMILES string of the molecule is CCCS(=O)(=O)Cc1cc(N)ccc1OC. The van der Waals surface area contributed by atoms with Crippen molar-refractivity contribution in [1.29, 1.82) is 0 Å². The number of sulfone groups is 1. The Balaban J connectivity index is 3.00. The molecule has 2 N–H and O–H groups in total. The van der Waals surface area contributed by atoms with Crippen molar-refractivity contribution in [3.63, 3.8) is 0 Å². The van der Waals surface area contributed by atoms with Crippen LogP contribution in [0.25, 0.3) is 0 Å². The molecule has 0 aliphatic rings. The van der Waals surface area contributed by atoms with Crippen molar-refractivity contribution in [2.24, 2.45) is 0 Å². The molecule has 0 aliphatic heterocycles. The number of anilines is 1. The summed E-state index contributed by atoms with van der Waals surface area (Å²) in [7, 11) is -1.55. The average Bonchev–Trinajstić information content (AvgIpc) is 2.17. The molecule has 0 unspecified atom stereocenters. The van der Waals surface area contributed by atoms with E-state index in [0.29, 0.717) is 23.4 Å². The van der Waals surface area contributed by atoms with Gasteiger partial charge in [0.15, 0.2) is 9.84 Å². The summed E-state index contributed by atoms with van der Waals surface area (Å²) in [6.07, 6.45) is 0.618. The molecule has 1 aromatic carbocycles. The maximum absolute atomic E-state index is 11.7. The fraction of sp³-hybridized carbons (Fsp3) is 0.455. The molecule has 0 saturated heterocycles. The monoisotopic (exact) mass is 243 g/mol. The molecule has 0 aliphatic carbocycles. The first-order valence-electron chi connectivity index (χ1n) is 5.11. The maximum Gasteiger partial charge on any atom is 0.154 e. The standard InChI is InChI=1S/C11H17NO3S/c1-3-6-16(13,14)8-9-7-10(12)4-5-11(9)15-2/h4-5,7H,3,6,8,12H2,1-2H3. The van der Waals surface area contributed by atoms with E-state index in [1.54, 1.807) is 18.2 Å². The molecule has 0 bridgehead atoms. The first-order valence-corrected chi connectivity index (χ1v) is 6.93. The quantitative estimate of drug-likeness (QED) is 0.797. The molecule has 0 atom stereocenters. The van der Waals surface area contributed by atoms with Gasteiger partial charge in [-0.1, -0.05) is 6.92 Å². The van der Waals surface area contributed by atoms with Crippen LogP contribution in [-0.4, -0.2) is 21.3 Å². The summed E-state index contributed by atoms with van der Waals surface area (Å²) < 4.78 is 28.5. The number of nitrogens with two attached hydrogens (primary N) is 1. The van der Waals surface area contributed by atoms with E-state index < -0.39 is 9.84 Å². The fourth-order valence-corrected chi connectivity index (χ4v) is 3.00. The van der Waals surface area contributed by atoms with E-state index in [-0.39, 0.29) is 11.5 Å². The predicted molar refractivity (Wildman–Crippen MR) is 65.2 cm³/mol. The van der Waals surface area contributed by atoms with Crippen molar-refractivity contribution >= 4 is 15.5 Å². The zero-order chi connectivity index (χ0) is 12.2. The molecule has 1 rings (SSSR count). The average molecular weight is 243 g/mol. The molecular formula is C11H17NO3S. The molecule has 4 nitrogen and oxygen atoms in total. The molecule has 90 valence electrons. The molecule has 0 aromatic heterocycles. The minimum absolute atomic E-state index is 0.0188. The number of methoxy groups -OCH3 is 1. The van der Waals surface area contributed by atoms with Crippen molar-refractivity contribution in [1.82, 2.24) is 0 Å². The summed E-state index contributed by atoms with van der Waals surface area (Å²) in [4.78, 5) is 0. The van der Waals surface area contributed by atoms with Crippen molar-refractivity contribution in [3.05, 3.63) is 23.8 Å². The number of nitrogen functional groups attached to an aromatic ring is 1. The van der Waals surface area contributed by atoms with Gasteiger partial charge >= 0.3 is 0 Å². The van der Waals surface area contributed by atoms with E-state index in [4.69, 9.17) is 10.5 Å². The van der Waals surface area contributed by atoms with Gasteiger partial charge in [0.25, 0.3) is 0 Å². The summed E-state index contributed by atoms with van der Waals surface area (Å²) in [5.74, 6) is 0.730. The van der Waals surface area contributed by atoms with Gasteiger partial charge < -0.3 is 10.5 Å². The van der Waals surface area contributed by atoms with E-state index in [0.717, 1.165) is 0 Å². The molecule has 5 heteroatoms. The first-order chi connectivity index (χ1) is 7.48. The number of benzene rings is 1. The summed E-state index contributed by atoms with van der Waals surface area (Å²) >= 11 is 0. The van der Waals surface area contributed by atoms with Crippen LogP contribution >= 0.6 is 0 Å². The predicted octanol–water partition coefficient (Wildman–Crippen LogP) is 1.60. The van der Waals surface area contributed by atoms with Crippen molar-refractivity contribution < 1.29 is 13.2 Å². The lowest BCUT2D eigenvalue weighted by Gasteiger charge is -2.09. The molecule has 0 spiro atoms. The highest BCUT2D eigenvalue weighted by atomic mass is 32.2. The lowest BCUT2D eigenvalue weighted by molar-refractivity contribution is 0.411. The zero-order valence-corrected chi connectivity index (χ0v) is 10.4. The largest absolute Gasteiger partial charge is 0.496 e. The number of ether oxygens (including phenoxy) is 1. The van der Waals surface area contributed by atoms with Gasteiger partial charge in [0.1, 0.15) is 5.75 Å². The molecule has 16 heavy (non-hydrogen) atoms. The van der Waals surface area contributed by atoms with Gasteiger partial charge in [-0.2, -0.15) is 0 Å². The van der Waals surface area contributed by atoms with Gasteiger partial charge in [-0.05, 0) is 24.6 Å². The summed E-state index contributed by atoms with van der Waals surface area (Å²) in [5, 5.41) is 0. The topological polar surface area (TPSA) is 69.4 Å². The van der Waals surface area contributed by atoms with Crippen LogP contribution in [0, 0.1) is 0 Å². The van der Waals surface area contributed by atoms with Gasteiger partial charge in [-0.15, -0.1) is 0 Å². The van der Waals surface area contributed by atoms with Crippen molar-refractivity contribution in [2.75, 3.05) is 18.6 Å². The molecular weight excluding hydrogens is 226 g/mol. The molecule has 0 radical (unpaired) electrons.